The zero-order valence-electron chi connectivity index (χ0n) is 17.5. The van der Waals surface area contributed by atoms with Gasteiger partial charge in [0.05, 0.1) is 23.5 Å². The van der Waals surface area contributed by atoms with E-state index in [4.69, 9.17) is 14.7 Å². The van der Waals surface area contributed by atoms with Gasteiger partial charge in [-0.15, -0.1) is 0 Å². The van der Waals surface area contributed by atoms with E-state index in [2.05, 4.69) is 10.5 Å². The summed E-state index contributed by atoms with van der Waals surface area (Å²) in [6.07, 6.45) is -9.06. The first-order valence-electron chi connectivity index (χ1n) is 9.69. The number of benzene rings is 2. The lowest BCUT2D eigenvalue weighted by molar-refractivity contribution is -0.143. The molecule has 1 aliphatic heterocycles. The summed E-state index contributed by atoms with van der Waals surface area (Å²) in [6.45, 7) is -0.634. The van der Waals surface area contributed by atoms with Gasteiger partial charge in [-0.2, -0.15) is 26.3 Å². The summed E-state index contributed by atoms with van der Waals surface area (Å²) < 4.78 is 89.2. The van der Waals surface area contributed by atoms with Gasteiger partial charge in [0.15, 0.2) is 11.5 Å². The molecule has 1 amide bonds. The highest BCUT2D eigenvalue weighted by molar-refractivity contribution is 8.15. The van der Waals surface area contributed by atoms with Crippen LogP contribution < -0.4 is 14.8 Å². The lowest BCUT2D eigenvalue weighted by Gasteiger charge is -2.17. The number of hydrogen-bond acceptors (Lipinski definition) is 6. The maximum absolute atomic E-state index is 13.3. The molecule has 184 valence electrons. The number of rotatable bonds is 7. The molecule has 2 aromatic rings. The molecule has 1 atom stereocenters. The summed E-state index contributed by atoms with van der Waals surface area (Å²) >= 11 is 1.08. The summed E-state index contributed by atoms with van der Waals surface area (Å²) in [5.74, 6) is 0.0165. The first-order chi connectivity index (χ1) is 15.9. The fourth-order valence-electron chi connectivity index (χ4n) is 3.22. The first kappa shape index (κ1) is 25.5. The lowest BCUT2D eigenvalue weighted by Crippen LogP contribution is -2.25. The molecule has 1 unspecified atom stereocenters. The minimum Gasteiger partial charge on any atom is -0.493 e. The molecular formula is C21H18F6N2O4S. The monoisotopic (exact) mass is 508 g/mol. The Morgan fingerprint density at radius 3 is 2.38 bits per heavy atom. The topological polar surface area (TPSA) is 80.2 Å². The highest BCUT2D eigenvalue weighted by atomic mass is 32.2. The highest BCUT2D eigenvalue weighted by Gasteiger charge is 2.38. The number of alkyl halides is 6. The smallest absolute Gasteiger partial charge is 0.416 e. The van der Waals surface area contributed by atoms with Gasteiger partial charge in [-0.3, -0.25) is 4.79 Å². The van der Waals surface area contributed by atoms with Crippen LogP contribution in [0, 0.1) is 0 Å². The number of amidine groups is 1. The molecule has 0 bridgehead atoms. The number of nitrogens with one attached hydrogen (secondary N) is 1. The predicted octanol–water partition coefficient (Wildman–Crippen LogP) is 5.22. The normalized spacial score (nSPS) is 17.7. The third-order valence-electron chi connectivity index (χ3n) is 4.92. The Kier molecular flexibility index (Phi) is 7.54. The minimum absolute atomic E-state index is 0.0587. The van der Waals surface area contributed by atoms with E-state index in [0.29, 0.717) is 18.9 Å². The zero-order valence-corrected chi connectivity index (χ0v) is 18.3. The second-order valence-corrected chi connectivity index (χ2v) is 8.37. The van der Waals surface area contributed by atoms with Crippen molar-refractivity contribution in [1.29, 1.82) is 0 Å². The Labute approximate surface area is 193 Å². The maximum atomic E-state index is 13.3. The van der Waals surface area contributed by atoms with Crippen LogP contribution in [0.2, 0.25) is 0 Å². The van der Waals surface area contributed by atoms with E-state index in [1.807, 2.05) is 0 Å². The van der Waals surface area contributed by atoms with Gasteiger partial charge in [-0.05, 0) is 42.7 Å². The number of hydrogen-bond donors (Lipinski definition) is 2. The van der Waals surface area contributed by atoms with E-state index in [-0.39, 0.29) is 28.6 Å². The van der Waals surface area contributed by atoms with Crippen LogP contribution in [0.3, 0.4) is 0 Å². The van der Waals surface area contributed by atoms with Crippen LogP contribution in [0.4, 0.5) is 26.3 Å². The van der Waals surface area contributed by atoms with Crippen LogP contribution >= 0.6 is 11.8 Å². The molecular weight excluding hydrogens is 490 g/mol. The number of oxime groups is 1. The van der Waals surface area contributed by atoms with Crippen molar-refractivity contribution in [2.75, 3.05) is 7.11 Å². The number of ether oxygens (including phenoxy) is 2. The van der Waals surface area contributed by atoms with Crippen molar-refractivity contribution in [3.05, 3.63) is 58.7 Å². The number of carbonyl (C=O) groups is 1. The number of nitrogens with zero attached hydrogens (tertiary/aromatic N) is 1. The molecule has 0 aromatic heterocycles. The quantitative estimate of drug-likeness (QED) is 0.305. The molecule has 2 N–H and O–H groups in total. The third-order valence-corrected chi connectivity index (χ3v) is 6.06. The Balaban J connectivity index is 1.72. The van der Waals surface area contributed by atoms with Crippen LogP contribution in [0.25, 0.3) is 0 Å². The number of aryl methyl sites for hydroxylation is 1. The molecule has 1 fully saturated rings. The molecule has 1 aliphatic rings. The van der Waals surface area contributed by atoms with E-state index < -0.39 is 40.9 Å². The van der Waals surface area contributed by atoms with Gasteiger partial charge >= 0.3 is 12.4 Å². The van der Waals surface area contributed by atoms with Crippen LogP contribution in [-0.4, -0.2) is 28.6 Å². The molecule has 1 saturated heterocycles. The summed E-state index contributed by atoms with van der Waals surface area (Å²) in [5.41, 5.74) is -2.55. The Bertz CT molecular complexity index is 1090. The molecule has 6 nitrogen and oxygen atoms in total. The van der Waals surface area contributed by atoms with Crippen LogP contribution in [0.5, 0.6) is 11.5 Å². The van der Waals surface area contributed by atoms with Crippen molar-refractivity contribution in [2.24, 2.45) is 5.16 Å². The fraction of sp³-hybridized carbons (Fsp3) is 0.333. The molecule has 13 heteroatoms. The SMILES string of the molecule is COc1cc(CCC2S/C(=N/O)NC2=O)ccc1OCc1ccc(C(F)(F)F)cc1C(F)(F)F. The van der Waals surface area contributed by atoms with Crippen molar-refractivity contribution in [1.82, 2.24) is 5.32 Å². The number of thioether (sulfide) groups is 1. The predicted molar refractivity (Wildman–Crippen MR) is 111 cm³/mol. The Hall–Kier alpha value is -3.09. The Morgan fingerprint density at radius 1 is 1.06 bits per heavy atom. The number of carbonyl (C=O) groups excluding carboxylic acids is 1. The first-order valence-corrected chi connectivity index (χ1v) is 10.6. The molecule has 3 rings (SSSR count). The van der Waals surface area contributed by atoms with E-state index in [1.54, 1.807) is 12.1 Å². The van der Waals surface area contributed by atoms with E-state index in [9.17, 15) is 31.1 Å². The molecule has 0 saturated carbocycles. The third kappa shape index (κ3) is 6.07. The summed E-state index contributed by atoms with van der Waals surface area (Å²) in [4.78, 5) is 11.8. The number of methoxy groups -OCH3 is 1. The standard InChI is InChI=1S/C21H18F6N2O4S/c1-32-16-8-11(3-7-17-18(30)28-19(29-31)34-17)2-6-15(16)33-10-12-4-5-13(20(22,23)24)9-14(12)21(25,26)27/h2,4-6,8-9,17,31H,3,7,10H2,1H3,(H,28,29,30). The van der Waals surface area contributed by atoms with Crippen molar-refractivity contribution < 1.29 is 45.8 Å². The van der Waals surface area contributed by atoms with Crippen molar-refractivity contribution in [2.45, 2.75) is 37.1 Å². The number of halogens is 6. The summed E-state index contributed by atoms with van der Waals surface area (Å²) in [7, 11) is 1.33. The van der Waals surface area contributed by atoms with Crippen molar-refractivity contribution in [3.63, 3.8) is 0 Å². The molecule has 0 aliphatic carbocycles. The van der Waals surface area contributed by atoms with E-state index in [0.717, 1.165) is 23.4 Å². The van der Waals surface area contributed by atoms with Gasteiger partial charge in [0.1, 0.15) is 6.61 Å². The van der Waals surface area contributed by atoms with Crippen LogP contribution in [0.15, 0.2) is 41.6 Å². The van der Waals surface area contributed by atoms with Crippen LogP contribution in [0.1, 0.15) is 28.7 Å². The second kappa shape index (κ2) is 10.0. The summed E-state index contributed by atoms with van der Waals surface area (Å²) in [5, 5.41) is 13.8. The van der Waals surface area contributed by atoms with Gasteiger partial charge < -0.3 is 20.0 Å². The number of amides is 1. The van der Waals surface area contributed by atoms with Gasteiger partial charge in [0, 0.05) is 5.56 Å². The lowest BCUT2D eigenvalue weighted by atomic mass is 10.0. The zero-order chi connectivity index (χ0) is 25.1. The fourth-order valence-corrected chi connectivity index (χ4v) is 4.10. The van der Waals surface area contributed by atoms with Gasteiger partial charge in [0.2, 0.25) is 11.1 Å². The van der Waals surface area contributed by atoms with Gasteiger partial charge in [-0.1, -0.05) is 29.1 Å². The van der Waals surface area contributed by atoms with Gasteiger partial charge in [0.25, 0.3) is 0 Å². The average molecular weight is 508 g/mol. The average Bonchev–Trinajstić information content (AvgIpc) is 3.14. The van der Waals surface area contributed by atoms with Crippen molar-refractivity contribution >= 4 is 22.8 Å². The largest absolute Gasteiger partial charge is 0.493 e. The highest BCUT2D eigenvalue weighted by Crippen LogP contribution is 2.38. The van der Waals surface area contributed by atoms with Crippen molar-refractivity contribution in [3.8, 4) is 11.5 Å². The molecule has 0 spiro atoms. The van der Waals surface area contributed by atoms with Crippen LogP contribution in [-0.2, 0) is 30.2 Å². The molecule has 34 heavy (non-hydrogen) atoms. The maximum Gasteiger partial charge on any atom is 0.416 e. The second-order valence-electron chi connectivity index (χ2n) is 7.18. The molecule has 0 radical (unpaired) electrons. The molecule has 1 heterocycles. The van der Waals surface area contributed by atoms with E-state index >= 15 is 0 Å². The van der Waals surface area contributed by atoms with Gasteiger partial charge in [-0.25, -0.2) is 0 Å². The minimum atomic E-state index is -5.00. The van der Waals surface area contributed by atoms with E-state index in [1.165, 1.54) is 13.2 Å². The Morgan fingerprint density at radius 2 is 1.79 bits per heavy atom. The summed E-state index contributed by atoms with van der Waals surface area (Å²) in [6, 6.07) is 6.05. The molecule has 2 aromatic carbocycles.